The topological polar surface area (TPSA) is 67.2 Å². The number of carbonyl (C=O) groups is 2. The molecule has 2 heterocycles. The van der Waals surface area contributed by atoms with E-state index < -0.39 is 0 Å². The molecule has 0 spiro atoms. The standard InChI is InChI=1S/C18H22N4O2/c23-17(12-20-18(24)16-4-2-1-3-5-16)22-9-6-15(7-10-22)13-21-11-8-19-14-21/h1-5,8,11,14-15H,6-7,9-10,12-13H2,(H,20,24). The number of nitrogens with one attached hydrogen (secondary N) is 1. The van der Waals surface area contributed by atoms with Gasteiger partial charge in [-0.25, -0.2) is 4.98 Å². The van der Waals surface area contributed by atoms with Gasteiger partial charge in [0.2, 0.25) is 5.91 Å². The quantitative estimate of drug-likeness (QED) is 0.906. The summed E-state index contributed by atoms with van der Waals surface area (Å²) in [5.74, 6) is 0.349. The number of hydrogen-bond donors (Lipinski definition) is 1. The zero-order chi connectivity index (χ0) is 16.8. The lowest BCUT2D eigenvalue weighted by Crippen LogP contribution is -2.44. The Morgan fingerprint density at radius 1 is 1.17 bits per heavy atom. The Kier molecular flexibility index (Phi) is 5.25. The van der Waals surface area contributed by atoms with E-state index in [1.165, 1.54) is 0 Å². The number of rotatable bonds is 5. The second-order valence-corrected chi connectivity index (χ2v) is 6.13. The maximum Gasteiger partial charge on any atom is 0.251 e. The van der Waals surface area contributed by atoms with Crippen molar-refractivity contribution in [3.8, 4) is 0 Å². The minimum atomic E-state index is -0.209. The third-order valence-electron chi connectivity index (χ3n) is 4.43. The van der Waals surface area contributed by atoms with E-state index in [0.29, 0.717) is 11.5 Å². The Balaban J connectivity index is 1.41. The van der Waals surface area contributed by atoms with E-state index in [2.05, 4.69) is 14.9 Å². The second-order valence-electron chi connectivity index (χ2n) is 6.13. The van der Waals surface area contributed by atoms with E-state index in [1.807, 2.05) is 35.6 Å². The molecule has 3 rings (SSSR count). The first kappa shape index (κ1) is 16.2. The lowest BCUT2D eigenvalue weighted by molar-refractivity contribution is -0.131. The number of carbonyl (C=O) groups excluding carboxylic acids is 2. The van der Waals surface area contributed by atoms with Gasteiger partial charge in [0, 0.05) is 37.6 Å². The Morgan fingerprint density at radius 2 is 1.92 bits per heavy atom. The fourth-order valence-corrected chi connectivity index (χ4v) is 3.02. The monoisotopic (exact) mass is 326 g/mol. The fourth-order valence-electron chi connectivity index (χ4n) is 3.02. The zero-order valence-electron chi connectivity index (χ0n) is 13.6. The summed E-state index contributed by atoms with van der Waals surface area (Å²) in [6, 6.07) is 8.95. The molecule has 1 N–H and O–H groups in total. The Bertz CT molecular complexity index is 662. The first-order chi connectivity index (χ1) is 11.7. The van der Waals surface area contributed by atoms with Crippen LogP contribution in [0.15, 0.2) is 49.1 Å². The van der Waals surface area contributed by atoms with Crippen molar-refractivity contribution < 1.29 is 9.59 Å². The maximum absolute atomic E-state index is 12.3. The van der Waals surface area contributed by atoms with Crippen molar-refractivity contribution >= 4 is 11.8 Å². The molecular weight excluding hydrogens is 304 g/mol. The van der Waals surface area contributed by atoms with Gasteiger partial charge >= 0.3 is 0 Å². The molecule has 0 unspecified atom stereocenters. The molecule has 0 bridgehead atoms. The number of amides is 2. The van der Waals surface area contributed by atoms with E-state index in [0.717, 1.165) is 32.5 Å². The molecule has 1 aromatic heterocycles. The summed E-state index contributed by atoms with van der Waals surface area (Å²) in [6.07, 6.45) is 7.55. The van der Waals surface area contributed by atoms with Gasteiger partial charge in [0.1, 0.15) is 0 Å². The summed E-state index contributed by atoms with van der Waals surface area (Å²) in [4.78, 5) is 30.1. The van der Waals surface area contributed by atoms with Crippen molar-refractivity contribution in [2.45, 2.75) is 19.4 Å². The Labute approximate surface area is 141 Å². The molecule has 2 amide bonds. The van der Waals surface area contributed by atoms with Crippen LogP contribution in [0.25, 0.3) is 0 Å². The average molecular weight is 326 g/mol. The minimum Gasteiger partial charge on any atom is -0.343 e. The maximum atomic E-state index is 12.3. The van der Waals surface area contributed by atoms with Crippen molar-refractivity contribution in [3.05, 3.63) is 54.6 Å². The third kappa shape index (κ3) is 4.22. The van der Waals surface area contributed by atoms with Crippen molar-refractivity contribution in [3.63, 3.8) is 0 Å². The molecule has 6 heteroatoms. The highest BCUT2D eigenvalue weighted by molar-refractivity contribution is 5.96. The van der Waals surface area contributed by atoms with Crippen LogP contribution in [-0.4, -0.2) is 45.9 Å². The summed E-state index contributed by atoms with van der Waals surface area (Å²) in [5, 5.41) is 2.70. The van der Waals surface area contributed by atoms with Crippen LogP contribution >= 0.6 is 0 Å². The van der Waals surface area contributed by atoms with Crippen LogP contribution in [0.1, 0.15) is 23.2 Å². The van der Waals surface area contributed by atoms with Crippen LogP contribution in [0.2, 0.25) is 0 Å². The van der Waals surface area contributed by atoms with Crippen molar-refractivity contribution in [2.24, 2.45) is 5.92 Å². The molecule has 24 heavy (non-hydrogen) atoms. The van der Waals surface area contributed by atoms with Crippen LogP contribution in [0.5, 0.6) is 0 Å². The van der Waals surface area contributed by atoms with E-state index >= 15 is 0 Å². The van der Waals surface area contributed by atoms with Gasteiger partial charge in [-0.05, 0) is 30.9 Å². The molecule has 1 aliphatic heterocycles. The summed E-state index contributed by atoms with van der Waals surface area (Å²) >= 11 is 0. The molecule has 0 aliphatic carbocycles. The fraction of sp³-hybridized carbons (Fsp3) is 0.389. The van der Waals surface area contributed by atoms with Crippen LogP contribution in [0, 0.1) is 5.92 Å². The van der Waals surface area contributed by atoms with Gasteiger partial charge in [0.15, 0.2) is 0 Å². The third-order valence-corrected chi connectivity index (χ3v) is 4.43. The van der Waals surface area contributed by atoms with E-state index in [-0.39, 0.29) is 18.4 Å². The number of hydrogen-bond acceptors (Lipinski definition) is 3. The van der Waals surface area contributed by atoms with E-state index in [9.17, 15) is 9.59 Å². The van der Waals surface area contributed by atoms with Gasteiger partial charge in [0.05, 0.1) is 12.9 Å². The van der Waals surface area contributed by atoms with Gasteiger partial charge < -0.3 is 14.8 Å². The van der Waals surface area contributed by atoms with Gasteiger partial charge in [0.25, 0.3) is 5.91 Å². The number of benzene rings is 1. The van der Waals surface area contributed by atoms with Crippen molar-refractivity contribution in [1.82, 2.24) is 19.8 Å². The normalized spacial score (nSPS) is 15.2. The van der Waals surface area contributed by atoms with Crippen LogP contribution in [0.4, 0.5) is 0 Å². The zero-order valence-corrected chi connectivity index (χ0v) is 13.6. The molecule has 1 aliphatic rings. The van der Waals surface area contributed by atoms with E-state index in [4.69, 9.17) is 0 Å². The molecule has 2 aromatic rings. The number of likely N-dealkylation sites (tertiary alicyclic amines) is 1. The highest BCUT2D eigenvalue weighted by Crippen LogP contribution is 2.19. The second kappa shape index (κ2) is 7.77. The molecule has 6 nitrogen and oxygen atoms in total. The van der Waals surface area contributed by atoms with Gasteiger partial charge in [-0.1, -0.05) is 18.2 Å². The number of nitrogens with zero attached hydrogens (tertiary/aromatic N) is 3. The molecule has 0 atom stereocenters. The van der Waals surface area contributed by atoms with Crippen LogP contribution < -0.4 is 5.32 Å². The SMILES string of the molecule is O=C(NCC(=O)N1CCC(Cn2ccnc2)CC1)c1ccccc1. The van der Waals surface area contributed by atoms with Crippen LogP contribution in [0.3, 0.4) is 0 Å². The number of piperidine rings is 1. The summed E-state index contributed by atoms with van der Waals surface area (Å²) < 4.78 is 2.09. The summed E-state index contributed by atoms with van der Waals surface area (Å²) in [7, 11) is 0. The number of aromatic nitrogens is 2. The van der Waals surface area contributed by atoms with Gasteiger partial charge in [-0.15, -0.1) is 0 Å². The average Bonchev–Trinajstić information content (AvgIpc) is 3.14. The molecule has 1 aromatic carbocycles. The van der Waals surface area contributed by atoms with E-state index in [1.54, 1.807) is 18.3 Å². The molecule has 0 saturated carbocycles. The lowest BCUT2D eigenvalue weighted by Gasteiger charge is -2.32. The van der Waals surface area contributed by atoms with Gasteiger partial charge in [-0.2, -0.15) is 0 Å². The lowest BCUT2D eigenvalue weighted by atomic mass is 9.96. The number of imidazole rings is 1. The van der Waals surface area contributed by atoms with Crippen LogP contribution in [-0.2, 0) is 11.3 Å². The van der Waals surface area contributed by atoms with Crippen molar-refractivity contribution in [2.75, 3.05) is 19.6 Å². The molecule has 0 radical (unpaired) electrons. The Morgan fingerprint density at radius 3 is 2.58 bits per heavy atom. The molecule has 126 valence electrons. The first-order valence-electron chi connectivity index (χ1n) is 8.29. The summed E-state index contributed by atoms with van der Waals surface area (Å²) in [5.41, 5.74) is 0.573. The highest BCUT2D eigenvalue weighted by Gasteiger charge is 2.23. The summed E-state index contributed by atoms with van der Waals surface area (Å²) in [6.45, 7) is 2.51. The molecular formula is C18H22N4O2. The largest absolute Gasteiger partial charge is 0.343 e. The highest BCUT2D eigenvalue weighted by atomic mass is 16.2. The Hall–Kier alpha value is -2.63. The smallest absolute Gasteiger partial charge is 0.251 e. The molecule has 1 saturated heterocycles. The minimum absolute atomic E-state index is 0.0136. The van der Waals surface area contributed by atoms with Gasteiger partial charge in [-0.3, -0.25) is 9.59 Å². The van der Waals surface area contributed by atoms with Crippen molar-refractivity contribution in [1.29, 1.82) is 0 Å². The first-order valence-corrected chi connectivity index (χ1v) is 8.29. The molecule has 1 fully saturated rings. The predicted octanol–water partition coefficient (Wildman–Crippen LogP) is 1.55. The predicted molar refractivity (Wildman–Crippen MR) is 90.3 cm³/mol.